The Bertz CT molecular complexity index is 534. The van der Waals surface area contributed by atoms with Crippen molar-refractivity contribution in [3.05, 3.63) is 45.9 Å². The lowest BCUT2D eigenvalue weighted by atomic mass is 10.2. The van der Waals surface area contributed by atoms with Crippen molar-refractivity contribution >= 4 is 28.9 Å². The molecule has 2 nitrogen and oxygen atoms in total. The van der Waals surface area contributed by atoms with E-state index in [0.29, 0.717) is 0 Å². The van der Waals surface area contributed by atoms with Gasteiger partial charge in [-0.3, -0.25) is 4.79 Å². The Hall–Kier alpha value is -1.13. The lowest BCUT2D eigenvalue weighted by molar-refractivity contribution is 0.101. The SMILES string of the molecule is CC(=O)c1cccc(SCc2nc(C)cs2)c1. The lowest BCUT2D eigenvalue weighted by Gasteiger charge is -2.01. The van der Waals surface area contributed by atoms with Crippen LogP contribution in [0.25, 0.3) is 0 Å². The molecular weight excluding hydrogens is 250 g/mol. The van der Waals surface area contributed by atoms with Crippen LogP contribution in [-0.2, 0) is 5.75 Å². The van der Waals surface area contributed by atoms with Crippen molar-refractivity contribution in [1.29, 1.82) is 0 Å². The quantitative estimate of drug-likeness (QED) is 0.618. The van der Waals surface area contributed by atoms with Crippen LogP contribution < -0.4 is 0 Å². The van der Waals surface area contributed by atoms with E-state index in [2.05, 4.69) is 10.4 Å². The predicted molar refractivity (Wildman–Crippen MR) is 72.9 cm³/mol. The summed E-state index contributed by atoms with van der Waals surface area (Å²) in [5, 5.41) is 3.18. The van der Waals surface area contributed by atoms with Crippen LogP contribution in [0.15, 0.2) is 34.5 Å². The summed E-state index contributed by atoms with van der Waals surface area (Å²) in [6.07, 6.45) is 0. The zero-order valence-electron chi connectivity index (χ0n) is 9.77. The van der Waals surface area contributed by atoms with Crippen molar-refractivity contribution in [3.8, 4) is 0 Å². The van der Waals surface area contributed by atoms with Gasteiger partial charge in [-0.1, -0.05) is 12.1 Å². The van der Waals surface area contributed by atoms with Crippen LogP contribution in [0.1, 0.15) is 28.0 Å². The monoisotopic (exact) mass is 263 g/mol. The summed E-state index contributed by atoms with van der Waals surface area (Å²) in [6.45, 7) is 3.59. The molecule has 1 aromatic carbocycles. The van der Waals surface area contributed by atoms with E-state index in [1.54, 1.807) is 30.0 Å². The van der Waals surface area contributed by atoms with Gasteiger partial charge in [-0.25, -0.2) is 4.98 Å². The minimum absolute atomic E-state index is 0.109. The van der Waals surface area contributed by atoms with Gasteiger partial charge in [0, 0.05) is 21.5 Å². The van der Waals surface area contributed by atoms with E-state index in [1.165, 1.54) is 0 Å². The summed E-state index contributed by atoms with van der Waals surface area (Å²) in [5.74, 6) is 0.970. The molecule has 0 saturated carbocycles. The first-order valence-corrected chi connectivity index (χ1v) is 7.16. The molecular formula is C13H13NOS2. The van der Waals surface area contributed by atoms with Gasteiger partial charge in [-0.15, -0.1) is 23.1 Å². The molecule has 88 valence electrons. The van der Waals surface area contributed by atoms with Crippen molar-refractivity contribution in [2.75, 3.05) is 0 Å². The number of thiazole rings is 1. The van der Waals surface area contributed by atoms with E-state index in [9.17, 15) is 4.79 Å². The molecule has 0 aliphatic rings. The minimum Gasteiger partial charge on any atom is -0.295 e. The molecule has 0 aliphatic carbocycles. The highest BCUT2D eigenvalue weighted by Crippen LogP contribution is 2.25. The van der Waals surface area contributed by atoms with Gasteiger partial charge >= 0.3 is 0 Å². The average Bonchev–Trinajstić information content (AvgIpc) is 2.73. The molecule has 2 aromatic rings. The van der Waals surface area contributed by atoms with Gasteiger partial charge in [-0.2, -0.15) is 0 Å². The second-order valence-corrected chi connectivity index (χ2v) is 5.75. The first kappa shape index (κ1) is 12.3. The van der Waals surface area contributed by atoms with Crippen LogP contribution >= 0.6 is 23.1 Å². The van der Waals surface area contributed by atoms with E-state index in [-0.39, 0.29) is 5.78 Å². The third-order valence-electron chi connectivity index (χ3n) is 2.27. The van der Waals surface area contributed by atoms with Crippen LogP contribution in [-0.4, -0.2) is 10.8 Å². The van der Waals surface area contributed by atoms with Crippen LogP contribution in [0, 0.1) is 6.92 Å². The summed E-state index contributed by atoms with van der Waals surface area (Å²) >= 11 is 3.39. The summed E-state index contributed by atoms with van der Waals surface area (Å²) in [6, 6.07) is 7.73. The molecule has 0 N–H and O–H groups in total. The van der Waals surface area contributed by atoms with Crippen molar-refractivity contribution in [2.24, 2.45) is 0 Å². The molecule has 0 spiro atoms. The fourth-order valence-corrected chi connectivity index (χ4v) is 3.16. The third kappa shape index (κ3) is 3.41. The maximum atomic E-state index is 11.3. The Balaban J connectivity index is 2.04. The van der Waals surface area contributed by atoms with Gasteiger partial charge in [0.25, 0.3) is 0 Å². The van der Waals surface area contributed by atoms with E-state index in [1.807, 2.05) is 31.2 Å². The molecule has 0 atom stereocenters. The first-order valence-electron chi connectivity index (χ1n) is 5.30. The molecule has 0 saturated heterocycles. The van der Waals surface area contributed by atoms with E-state index in [4.69, 9.17) is 0 Å². The van der Waals surface area contributed by atoms with Gasteiger partial charge in [-0.05, 0) is 26.0 Å². The first-order chi connectivity index (χ1) is 8.15. The van der Waals surface area contributed by atoms with Crippen molar-refractivity contribution in [2.45, 2.75) is 24.5 Å². The standard InChI is InChI=1S/C13H13NOS2/c1-9-7-17-13(14-9)8-16-12-5-3-4-11(6-12)10(2)15/h3-7H,8H2,1-2H3. The number of hydrogen-bond acceptors (Lipinski definition) is 4. The topological polar surface area (TPSA) is 30.0 Å². The third-order valence-corrected chi connectivity index (χ3v) is 4.42. The fraction of sp³-hybridized carbons (Fsp3) is 0.231. The van der Waals surface area contributed by atoms with Crippen LogP contribution in [0.5, 0.6) is 0 Å². The number of benzene rings is 1. The summed E-state index contributed by atoms with van der Waals surface area (Å²) in [4.78, 5) is 16.8. The molecule has 2 rings (SSSR count). The van der Waals surface area contributed by atoms with E-state index < -0.39 is 0 Å². The number of ketones is 1. The largest absolute Gasteiger partial charge is 0.295 e. The highest BCUT2D eigenvalue weighted by molar-refractivity contribution is 7.98. The average molecular weight is 263 g/mol. The Morgan fingerprint density at radius 2 is 2.29 bits per heavy atom. The molecule has 0 unspecified atom stereocenters. The molecule has 0 fully saturated rings. The van der Waals surface area contributed by atoms with Gasteiger partial charge in [0.2, 0.25) is 0 Å². The lowest BCUT2D eigenvalue weighted by Crippen LogP contribution is -1.91. The summed E-state index contributed by atoms with van der Waals surface area (Å²) in [7, 11) is 0. The van der Waals surface area contributed by atoms with Crippen molar-refractivity contribution in [1.82, 2.24) is 4.98 Å². The van der Waals surface area contributed by atoms with Gasteiger partial charge in [0.1, 0.15) is 5.01 Å². The van der Waals surface area contributed by atoms with Crippen molar-refractivity contribution in [3.63, 3.8) is 0 Å². The second-order valence-electron chi connectivity index (χ2n) is 3.76. The zero-order valence-corrected chi connectivity index (χ0v) is 11.4. The number of rotatable bonds is 4. The number of hydrogen-bond donors (Lipinski definition) is 0. The molecule has 0 amide bonds. The van der Waals surface area contributed by atoms with Gasteiger partial charge in [0.05, 0.1) is 5.75 Å². The van der Waals surface area contributed by atoms with Crippen molar-refractivity contribution < 1.29 is 4.79 Å². The number of aromatic nitrogens is 1. The van der Waals surface area contributed by atoms with Gasteiger partial charge in [0.15, 0.2) is 5.78 Å². The number of thioether (sulfide) groups is 1. The summed E-state index contributed by atoms with van der Waals surface area (Å²) in [5.41, 5.74) is 1.84. The molecule has 1 heterocycles. The smallest absolute Gasteiger partial charge is 0.159 e. The predicted octanol–water partition coefficient (Wildman–Crippen LogP) is 3.95. The van der Waals surface area contributed by atoms with Crippen LogP contribution in [0.2, 0.25) is 0 Å². The number of nitrogens with zero attached hydrogens (tertiary/aromatic N) is 1. The Kier molecular flexibility index (Phi) is 3.97. The molecule has 4 heteroatoms. The summed E-state index contributed by atoms with van der Waals surface area (Å²) < 4.78 is 0. The maximum absolute atomic E-state index is 11.3. The van der Waals surface area contributed by atoms with E-state index >= 15 is 0 Å². The molecule has 17 heavy (non-hydrogen) atoms. The normalized spacial score (nSPS) is 10.5. The Labute approximate surface area is 109 Å². The number of carbonyl (C=O) groups is 1. The molecule has 0 aliphatic heterocycles. The zero-order chi connectivity index (χ0) is 12.3. The highest BCUT2D eigenvalue weighted by atomic mass is 32.2. The fourth-order valence-electron chi connectivity index (χ4n) is 1.42. The number of Topliss-reactive ketones (excluding diaryl/α,β-unsaturated/α-hetero) is 1. The van der Waals surface area contributed by atoms with E-state index in [0.717, 1.165) is 26.9 Å². The number of carbonyl (C=O) groups excluding carboxylic acids is 1. The second kappa shape index (κ2) is 5.47. The van der Waals surface area contributed by atoms with Crippen LogP contribution in [0.4, 0.5) is 0 Å². The number of aryl methyl sites for hydroxylation is 1. The van der Waals surface area contributed by atoms with Crippen LogP contribution in [0.3, 0.4) is 0 Å². The highest BCUT2D eigenvalue weighted by Gasteiger charge is 2.03. The maximum Gasteiger partial charge on any atom is 0.159 e. The Morgan fingerprint density at radius 1 is 1.47 bits per heavy atom. The minimum atomic E-state index is 0.109. The molecule has 1 aromatic heterocycles. The Morgan fingerprint density at radius 3 is 2.94 bits per heavy atom. The molecule has 0 radical (unpaired) electrons. The molecule has 0 bridgehead atoms. The van der Waals surface area contributed by atoms with Gasteiger partial charge < -0.3 is 0 Å².